The van der Waals surface area contributed by atoms with Gasteiger partial charge in [-0.1, -0.05) is 12.1 Å². The van der Waals surface area contributed by atoms with E-state index in [9.17, 15) is 22.8 Å². The molecule has 2 aromatic rings. The molecule has 1 aliphatic rings. The van der Waals surface area contributed by atoms with Gasteiger partial charge in [0.05, 0.1) is 24.3 Å². The number of benzene rings is 2. The lowest BCUT2D eigenvalue weighted by atomic mass is 10.1. The van der Waals surface area contributed by atoms with Gasteiger partial charge >= 0.3 is 6.18 Å². The Morgan fingerprint density at radius 3 is 2.47 bits per heavy atom. The Kier molecular flexibility index (Phi) is 6.39. The number of carbonyl (C=O) groups excluding carboxylic acids is 2. The first-order chi connectivity index (χ1) is 14.3. The van der Waals surface area contributed by atoms with E-state index in [0.29, 0.717) is 23.6 Å². The van der Waals surface area contributed by atoms with Gasteiger partial charge in [0.1, 0.15) is 5.75 Å². The number of alkyl halides is 3. The summed E-state index contributed by atoms with van der Waals surface area (Å²) in [6.07, 6.45) is -3.11. The van der Waals surface area contributed by atoms with Crippen molar-refractivity contribution in [3.05, 3.63) is 59.7 Å². The SMILES string of the molecule is CCOc1ccc(N2C[C@@H](C(=O)N/N=C\c3ccc(C(F)(F)F)cc3)CC2=O)cc1. The van der Waals surface area contributed by atoms with Crippen molar-refractivity contribution in [3.8, 4) is 5.75 Å². The lowest BCUT2D eigenvalue weighted by molar-refractivity contribution is -0.137. The van der Waals surface area contributed by atoms with Crippen LogP contribution in [0.3, 0.4) is 0 Å². The Hall–Kier alpha value is -3.36. The first kappa shape index (κ1) is 21.4. The van der Waals surface area contributed by atoms with Crippen LogP contribution in [0.15, 0.2) is 53.6 Å². The molecule has 1 saturated heterocycles. The second-order valence-corrected chi connectivity index (χ2v) is 6.69. The molecule has 1 fully saturated rings. The predicted molar refractivity (Wildman–Crippen MR) is 105 cm³/mol. The Morgan fingerprint density at radius 2 is 1.87 bits per heavy atom. The van der Waals surface area contributed by atoms with Crippen LogP contribution in [0.1, 0.15) is 24.5 Å². The summed E-state index contributed by atoms with van der Waals surface area (Å²) in [4.78, 5) is 26.1. The van der Waals surface area contributed by atoms with Crippen molar-refractivity contribution >= 4 is 23.7 Å². The van der Waals surface area contributed by atoms with Crippen molar-refractivity contribution in [1.82, 2.24) is 5.43 Å². The van der Waals surface area contributed by atoms with E-state index < -0.39 is 23.6 Å². The fourth-order valence-electron chi connectivity index (χ4n) is 3.04. The zero-order chi connectivity index (χ0) is 21.7. The van der Waals surface area contributed by atoms with Crippen LogP contribution < -0.4 is 15.1 Å². The Labute approximate surface area is 171 Å². The molecule has 2 aromatic carbocycles. The number of rotatable bonds is 6. The molecule has 1 heterocycles. The molecule has 30 heavy (non-hydrogen) atoms. The Balaban J connectivity index is 1.56. The lowest BCUT2D eigenvalue weighted by Gasteiger charge is -2.17. The number of hydrazone groups is 1. The molecule has 2 amide bonds. The molecule has 1 aliphatic heterocycles. The van der Waals surface area contributed by atoms with Gasteiger partial charge in [-0.15, -0.1) is 0 Å². The number of nitrogens with one attached hydrogen (secondary N) is 1. The van der Waals surface area contributed by atoms with Crippen molar-refractivity contribution in [3.63, 3.8) is 0 Å². The van der Waals surface area contributed by atoms with Crippen molar-refractivity contribution in [1.29, 1.82) is 0 Å². The van der Waals surface area contributed by atoms with Crippen molar-refractivity contribution in [2.45, 2.75) is 19.5 Å². The maximum atomic E-state index is 12.6. The molecule has 0 spiro atoms. The Morgan fingerprint density at radius 1 is 1.20 bits per heavy atom. The number of ether oxygens (including phenoxy) is 1. The molecule has 0 aliphatic carbocycles. The van der Waals surface area contributed by atoms with E-state index >= 15 is 0 Å². The van der Waals surface area contributed by atoms with E-state index in [1.807, 2.05) is 6.92 Å². The van der Waals surface area contributed by atoms with Crippen LogP contribution in [0.2, 0.25) is 0 Å². The number of amides is 2. The third kappa shape index (κ3) is 5.16. The summed E-state index contributed by atoms with van der Waals surface area (Å²) >= 11 is 0. The summed E-state index contributed by atoms with van der Waals surface area (Å²) in [6, 6.07) is 11.4. The van der Waals surface area contributed by atoms with Crippen molar-refractivity contribution in [2.75, 3.05) is 18.1 Å². The van der Waals surface area contributed by atoms with Gasteiger partial charge in [-0.2, -0.15) is 18.3 Å². The highest BCUT2D eigenvalue weighted by atomic mass is 19.4. The minimum Gasteiger partial charge on any atom is -0.494 e. The van der Waals surface area contributed by atoms with Crippen molar-refractivity contribution in [2.24, 2.45) is 11.0 Å². The molecular weight excluding hydrogens is 399 g/mol. The highest BCUT2D eigenvalue weighted by Gasteiger charge is 2.35. The Bertz CT molecular complexity index is 925. The molecule has 158 valence electrons. The van der Waals surface area contributed by atoms with Gasteiger partial charge in [-0.05, 0) is 48.9 Å². The predicted octanol–water partition coefficient (Wildman–Crippen LogP) is 3.61. The third-order valence-electron chi connectivity index (χ3n) is 4.58. The van der Waals surface area contributed by atoms with Crippen LogP contribution in [-0.4, -0.2) is 31.2 Å². The highest BCUT2D eigenvalue weighted by molar-refractivity contribution is 6.00. The monoisotopic (exact) mass is 419 g/mol. The van der Waals surface area contributed by atoms with E-state index in [2.05, 4.69) is 10.5 Å². The average Bonchev–Trinajstić information content (AvgIpc) is 3.10. The largest absolute Gasteiger partial charge is 0.494 e. The molecular formula is C21H20F3N3O3. The van der Waals surface area contributed by atoms with Gasteiger partial charge < -0.3 is 9.64 Å². The number of nitrogens with zero attached hydrogens (tertiary/aromatic N) is 2. The maximum absolute atomic E-state index is 12.6. The fourth-order valence-corrected chi connectivity index (χ4v) is 3.04. The molecule has 0 saturated carbocycles. The molecule has 0 aromatic heterocycles. The standard InChI is InChI=1S/C21H20F3N3O3/c1-2-30-18-9-7-17(8-10-18)27-13-15(11-19(27)28)20(29)26-25-12-14-3-5-16(6-4-14)21(22,23)24/h3-10,12,15H,2,11,13H2,1H3,(H,26,29)/b25-12-/t15-/m0/s1. The second kappa shape index (κ2) is 8.98. The first-order valence-electron chi connectivity index (χ1n) is 9.31. The summed E-state index contributed by atoms with van der Waals surface area (Å²) in [7, 11) is 0. The third-order valence-corrected chi connectivity index (χ3v) is 4.58. The summed E-state index contributed by atoms with van der Waals surface area (Å²) in [5.41, 5.74) is 2.66. The van der Waals surface area contributed by atoms with E-state index in [1.54, 1.807) is 24.3 Å². The summed E-state index contributed by atoms with van der Waals surface area (Å²) in [6.45, 7) is 2.63. The summed E-state index contributed by atoms with van der Waals surface area (Å²) in [5.74, 6) is -0.486. The number of hydrogen-bond donors (Lipinski definition) is 1. The molecule has 3 rings (SSSR count). The highest BCUT2D eigenvalue weighted by Crippen LogP contribution is 2.29. The molecule has 0 bridgehead atoms. The maximum Gasteiger partial charge on any atom is 0.416 e. The summed E-state index contributed by atoms with van der Waals surface area (Å²) < 4.78 is 43.1. The number of anilines is 1. The van der Waals surface area contributed by atoms with Gasteiger partial charge in [0.15, 0.2) is 0 Å². The minimum absolute atomic E-state index is 0.0504. The summed E-state index contributed by atoms with van der Waals surface area (Å²) in [5, 5.41) is 3.78. The van der Waals surface area contributed by atoms with E-state index in [0.717, 1.165) is 12.1 Å². The van der Waals surface area contributed by atoms with Gasteiger partial charge in [0.25, 0.3) is 0 Å². The smallest absolute Gasteiger partial charge is 0.416 e. The molecule has 6 nitrogen and oxygen atoms in total. The molecule has 9 heteroatoms. The van der Waals surface area contributed by atoms with Crippen LogP contribution in [0.5, 0.6) is 5.75 Å². The number of hydrogen-bond acceptors (Lipinski definition) is 4. The lowest BCUT2D eigenvalue weighted by Crippen LogP contribution is -2.30. The number of carbonyl (C=O) groups is 2. The van der Waals surface area contributed by atoms with Crippen LogP contribution >= 0.6 is 0 Å². The van der Waals surface area contributed by atoms with E-state index in [1.165, 1.54) is 23.2 Å². The van der Waals surface area contributed by atoms with Gasteiger partial charge in [0.2, 0.25) is 11.8 Å². The van der Waals surface area contributed by atoms with E-state index in [4.69, 9.17) is 4.74 Å². The van der Waals surface area contributed by atoms with Crippen LogP contribution in [0.4, 0.5) is 18.9 Å². The van der Waals surface area contributed by atoms with E-state index in [-0.39, 0.29) is 18.9 Å². The second-order valence-electron chi connectivity index (χ2n) is 6.69. The van der Waals surface area contributed by atoms with Crippen LogP contribution in [0.25, 0.3) is 0 Å². The zero-order valence-electron chi connectivity index (χ0n) is 16.1. The molecule has 1 atom stereocenters. The van der Waals surface area contributed by atoms with Gasteiger partial charge in [0, 0.05) is 18.7 Å². The normalized spacial score (nSPS) is 16.9. The molecule has 0 radical (unpaired) electrons. The topological polar surface area (TPSA) is 71.0 Å². The fraction of sp³-hybridized carbons (Fsp3) is 0.286. The van der Waals surface area contributed by atoms with Gasteiger partial charge in [-0.3, -0.25) is 9.59 Å². The average molecular weight is 419 g/mol. The van der Waals surface area contributed by atoms with Crippen LogP contribution in [0, 0.1) is 5.92 Å². The molecule has 1 N–H and O–H groups in total. The zero-order valence-corrected chi connectivity index (χ0v) is 16.1. The molecule has 0 unspecified atom stereocenters. The number of halogens is 3. The van der Waals surface area contributed by atoms with Crippen molar-refractivity contribution < 1.29 is 27.5 Å². The minimum atomic E-state index is -4.41. The first-order valence-corrected chi connectivity index (χ1v) is 9.31. The van der Waals surface area contributed by atoms with Crippen LogP contribution in [-0.2, 0) is 15.8 Å². The van der Waals surface area contributed by atoms with Gasteiger partial charge in [-0.25, -0.2) is 5.43 Å². The quantitative estimate of drug-likeness (QED) is 0.575.